The second kappa shape index (κ2) is 8.00. The van der Waals surface area contributed by atoms with E-state index in [1.807, 2.05) is 47.4 Å². The number of carbonyl (C=O) groups excluding carboxylic acids is 1. The Labute approximate surface area is 177 Å². The van der Waals surface area contributed by atoms with Crippen LogP contribution < -0.4 is 4.74 Å². The molecular weight excluding hydrogens is 378 g/mol. The van der Waals surface area contributed by atoms with Crippen LogP contribution >= 0.6 is 0 Å². The summed E-state index contributed by atoms with van der Waals surface area (Å²) in [6.45, 7) is 3.93. The minimum Gasteiger partial charge on any atom is -0.480 e. The van der Waals surface area contributed by atoms with Gasteiger partial charge in [-0.25, -0.2) is 0 Å². The first-order valence-corrected chi connectivity index (χ1v) is 10.9. The Morgan fingerprint density at radius 2 is 2.07 bits per heavy atom. The van der Waals surface area contributed by atoms with Crippen LogP contribution in [0.4, 0.5) is 0 Å². The summed E-state index contributed by atoms with van der Waals surface area (Å²) < 4.78 is 11.9. The predicted octanol–water partition coefficient (Wildman–Crippen LogP) is 2.52. The van der Waals surface area contributed by atoms with Crippen molar-refractivity contribution in [3.63, 3.8) is 0 Å². The number of likely N-dealkylation sites (tertiary alicyclic amines) is 2. The lowest BCUT2D eigenvalue weighted by Gasteiger charge is -2.58. The number of piperidine rings is 1. The van der Waals surface area contributed by atoms with Crippen molar-refractivity contribution in [3.8, 4) is 5.75 Å². The van der Waals surface area contributed by atoms with Gasteiger partial charge in [0.15, 0.2) is 6.10 Å². The molecule has 0 N–H and O–H groups in total. The third-order valence-electron chi connectivity index (χ3n) is 6.89. The SMILES string of the molecule is CN1CC[C@@H](COCc2ccccn2)CC12CN(C(=O)[C@@H]1Cc3ccccc3O1)C2. The molecule has 1 aromatic carbocycles. The lowest BCUT2D eigenvalue weighted by Crippen LogP contribution is -2.73. The highest BCUT2D eigenvalue weighted by Gasteiger charge is 2.52. The molecule has 5 rings (SSSR count). The number of likely N-dealkylation sites (N-methyl/N-ethyl adjacent to an activating group) is 1. The van der Waals surface area contributed by atoms with Crippen LogP contribution in [0, 0.1) is 5.92 Å². The first-order chi connectivity index (χ1) is 14.6. The van der Waals surface area contributed by atoms with Gasteiger partial charge in [0.25, 0.3) is 5.91 Å². The Kier molecular flexibility index (Phi) is 5.21. The molecule has 1 aromatic heterocycles. The van der Waals surface area contributed by atoms with Gasteiger partial charge >= 0.3 is 0 Å². The number of amides is 1. The number of para-hydroxylation sites is 1. The van der Waals surface area contributed by atoms with Crippen LogP contribution in [-0.2, 0) is 22.6 Å². The Morgan fingerprint density at radius 3 is 2.87 bits per heavy atom. The van der Waals surface area contributed by atoms with Crippen molar-refractivity contribution in [2.24, 2.45) is 5.92 Å². The Balaban J connectivity index is 1.13. The van der Waals surface area contributed by atoms with Crippen molar-refractivity contribution in [2.75, 3.05) is 33.3 Å². The summed E-state index contributed by atoms with van der Waals surface area (Å²) in [5.74, 6) is 1.50. The van der Waals surface area contributed by atoms with Gasteiger partial charge in [0.2, 0.25) is 0 Å². The van der Waals surface area contributed by atoms with Crippen molar-refractivity contribution in [2.45, 2.75) is 37.5 Å². The van der Waals surface area contributed by atoms with Crippen molar-refractivity contribution in [1.29, 1.82) is 0 Å². The molecule has 0 bridgehead atoms. The zero-order valence-electron chi connectivity index (χ0n) is 17.5. The van der Waals surface area contributed by atoms with E-state index < -0.39 is 0 Å². The summed E-state index contributed by atoms with van der Waals surface area (Å²) in [6.07, 6.45) is 4.32. The number of rotatable bonds is 5. The highest BCUT2D eigenvalue weighted by molar-refractivity contribution is 5.83. The van der Waals surface area contributed by atoms with Gasteiger partial charge in [-0.15, -0.1) is 0 Å². The minimum atomic E-state index is -0.369. The van der Waals surface area contributed by atoms with Gasteiger partial charge in [-0.3, -0.25) is 14.7 Å². The van der Waals surface area contributed by atoms with Crippen LogP contribution in [0.2, 0.25) is 0 Å². The van der Waals surface area contributed by atoms with Crippen LogP contribution in [-0.4, -0.2) is 65.6 Å². The maximum Gasteiger partial charge on any atom is 0.264 e. The Morgan fingerprint density at radius 1 is 1.23 bits per heavy atom. The highest BCUT2D eigenvalue weighted by Crippen LogP contribution is 2.39. The number of nitrogens with zero attached hydrogens (tertiary/aromatic N) is 3. The minimum absolute atomic E-state index is 0.0817. The summed E-state index contributed by atoms with van der Waals surface area (Å²) in [7, 11) is 2.19. The summed E-state index contributed by atoms with van der Waals surface area (Å²) in [5, 5.41) is 0. The molecule has 3 aliphatic heterocycles. The van der Waals surface area contributed by atoms with E-state index in [1.165, 1.54) is 0 Å². The van der Waals surface area contributed by atoms with Gasteiger partial charge < -0.3 is 14.4 Å². The number of hydrogen-bond donors (Lipinski definition) is 0. The Hall–Kier alpha value is -2.44. The molecule has 0 unspecified atom stereocenters. The zero-order valence-corrected chi connectivity index (χ0v) is 17.5. The molecule has 158 valence electrons. The predicted molar refractivity (Wildman–Crippen MR) is 113 cm³/mol. The maximum atomic E-state index is 13.0. The molecule has 2 aromatic rings. The van der Waals surface area contributed by atoms with Crippen molar-refractivity contribution in [3.05, 3.63) is 59.9 Å². The average Bonchev–Trinajstić information content (AvgIpc) is 3.18. The van der Waals surface area contributed by atoms with E-state index in [-0.39, 0.29) is 17.6 Å². The molecule has 2 saturated heterocycles. The van der Waals surface area contributed by atoms with Gasteiger partial charge in [0.1, 0.15) is 5.75 Å². The summed E-state index contributed by atoms with van der Waals surface area (Å²) >= 11 is 0. The smallest absolute Gasteiger partial charge is 0.264 e. The zero-order chi connectivity index (χ0) is 20.6. The fourth-order valence-electron chi connectivity index (χ4n) is 5.08. The maximum absolute atomic E-state index is 13.0. The molecule has 4 heterocycles. The Bertz CT molecular complexity index is 873. The van der Waals surface area contributed by atoms with Gasteiger partial charge in [0, 0.05) is 25.7 Å². The summed E-state index contributed by atoms with van der Waals surface area (Å²) in [5.41, 5.74) is 2.18. The van der Waals surface area contributed by atoms with E-state index >= 15 is 0 Å². The summed E-state index contributed by atoms with van der Waals surface area (Å²) in [6, 6.07) is 13.9. The monoisotopic (exact) mass is 407 g/mol. The van der Waals surface area contributed by atoms with Crippen LogP contribution in [0.5, 0.6) is 5.75 Å². The first-order valence-electron chi connectivity index (χ1n) is 10.9. The van der Waals surface area contributed by atoms with Crippen LogP contribution in [0.15, 0.2) is 48.7 Å². The molecule has 30 heavy (non-hydrogen) atoms. The highest BCUT2D eigenvalue weighted by atomic mass is 16.5. The molecule has 2 atom stereocenters. The second-order valence-electron chi connectivity index (χ2n) is 8.95. The molecule has 0 radical (unpaired) electrons. The number of ether oxygens (including phenoxy) is 2. The molecule has 1 spiro atoms. The number of benzene rings is 1. The van der Waals surface area contributed by atoms with Crippen LogP contribution in [0.1, 0.15) is 24.1 Å². The average molecular weight is 408 g/mol. The standard InChI is InChI=1S/C24H29N3O3/c1-26-11-9-18(14-29-15-20-7-4-5-10-25-20)13-24(26)16-27(17-24)23(28)22-12-19-6-2-3-8-21(19)30-22/h2-8,10,18,22H,9,11-17H2,1H3/t18-,22+/m1/s1. The molecule has 2 fully saturated rings. The first kappa shape index (κ1) is 19.5. The molecule has 6 heteroatoms. The van der Waals surface area contributed by atoms with Gasteiger partial charge in [-0.05, 0) is 56.1 Å². The van der Waals surface area contributed by atoms with E-state index in [4.69, 9.17) is 9.47 Å². The third-order valence-corrected chi connectivity index (χ3v) is 6.89. The fraction of sp³-hybridized carbons (Fsp3) is 0.500. The molecule has 3 aliphatic rings. The van der Waals surface area contributed by atoms with E-state index in [9.17, 15) is 4.79 Å². The van der Waals surface area contributed by atoms with Gasteiger partial charge in [0.05, 0.1) is 24.4 Å². The largest absolute Gasteiger partial charge is 0.480 e. The number of carbonyl (C=O) groups is 1. The van der Waals surface area contributed by atoms with E-state index in [2.05, 4.69) is 16.9 Å². The topological polar surface area (TPSA) is 54.9 Å². The van der Waals surface area contributed by atoms with Gasteiger partial charge in [-0.1, -0.05) is 24.3 Å². The normalized spacial score (nSPS) is 24.9. The number of pyridine rings is 1. The molecule has 1 amide bonds. The summed E-state index contributed by atoms with van der Waals surface area (Å²) in [4.78, 5) is 21.7. The lowest BCUT2D eigenvalue weighted by molar-refractivity contribution is -0.157. The van der Waals surface area contributed by atoms with Crippen molar-refractivity contribution < 1.29 is 14.3 Å². The van der Waals surface area contributed by atoms with Crippen LogP contribution in [0.3, 0.4) is 0 Å². The third kappa shape index (κ3) is 3.70. The molecule has 6 nitrogen and oxygen atoms in total. The van der Waals surface area contributed by atoms with Crippen molar-refractivity contribution in [1.82, 2.24) is 14.8 Å². The fourth-order valence-corrected chi connectivity index (χ4v) is 5.08. The van der Waals surface area contributed by atoms with Gasteiger partial charge in [-0.2, -0.15) is 0 Å². The molecule has 0 aliphatic carbocycles. The van der Waals surface area contributed by atoms with E-state index in [0.29, 0.717) is 18.9 Å². The lowest BCUT2D eigenvalue weighted by atomic mass is 9.75. The molecular formula is C24H29N3O3. The van der Waals surface area contributed by atoms with Crippen molar-refractivity contribution >= 4 is 5.91 Å². The molecule has 0 saturated carbocycles. The number of fused-ring (bicyclic) bond motifs is 1. The van der Waals surface area contributed by atoms with E-state index in [1.54, 1.807) is 6.20 Å². The van der Waals surface area contributed by atoms with Crippen LogP contribution in [0.25, 0.3) is 0 Å². The quantitative estimate of drug-likeness (QED) is 0.762. The van der Waals surface area contributed by atoms with E-state index in [0.717, 1.165) is 56.1 Å². The number of aromatic nitrogens is 1. The number of hydrogen-bond acceptors (Lipinski definition) is 5. The second-order valence-corrected chi connectivity index (χ2v) is 8.95.